The number of anilines is 1. The topological polar surface area (TPSA) is 65.1 Å². The standard InChI is InChI=1S/C15H13FN2O2/c16-13-10-12(7-6-11(13)4-1-2-9-19)18-15(20)14-5-3-8-17-14/h3,5-8,10,17,19H,2,9H2,(H,18,20). The molecule has 0 spiro atoms. The van der Waals surface area contributed by atoms with Gasteiger partial charge < -0.3 is 15.4 Å². The van der Waals surface area contributed by atoms with E-state index in [1.807, 2.05) is 0 Å². The van der Waals surface area contributed by atoms with Crippen molar-refractivity contribution >= 4 is 11.6 Å². The first-order valence-corrected chi connectivity index (χ1v) is 6.04. The van der Waals surface area contributed by atoms with E-state index in [9.17, 15) is 9.18 Å². The molecular weight excluding hydrogens is 259 g/mol. The minimum Gasteiger partial charge on any atom is -0.395 e. The van der Waals surface area contributed by atoms with Crippen LogP contribution >= 0.6 is 0 Å². The molecule has 0 aliphatic rings. The van der Waals surface area contributed by atoms with Gasteiger partial charge >= 0.3 is 0 Å². The molecule has 0 unspecified atom stereocenters. The minimum atomic E-state index is -0.514. The fourth-order valence-corrected chi connectivity index (χ4v) is 1.58. The van der Waals surface area contributed by atoms with Crippen LogP contribution in [0.25, 0.3) is 0 Å². The molecule has 4 nitrogen and oxygen atoms in total. The number of H-pyrrole nitrogens is 1. The van der Waals surface area contributed by atoms with Gasteiger partial charge in [-0.1, -0.05) is 11.8 Å². The Morgan fingerprint density at radius 1 is 1.40 bits per heavy atom. The van der Waals surface area contributed by atoms with E-state index in [0.717, 1.165) is 0 Å². The van der Waals surface area contributed by atoms with Gasteiger partial charge in [0, 0.05) is 18.3 Å². The van der Waals surface area contributed by atoms with Gasteiger partial charge in [-0.05, 0) is 30.3 Å². The summed E-state index contributed by atoms with van der Waals surface area (Å²) in [5.41, 5.74) is 0.989. The van der Waals surface area contributed by atoms with E-state index in [1.54, 1.807) is 24.4 Å². The number of aromatic nitrogens is 1. The maximum absolute atomic E-state index is 13.7. The Bertz CT molecular complexity index is 654. The highest BCUT2D eigenvalue weighted by Gasteiger charge is 2.08. The van der Waals surface area contributed by atoms with Gasteiger partial charge in [0.05, 0.1) is 12.2 Å². The van der Waals surface area contributed by atoms with E-state index >= 15 is 0 Å². The van der Waals surface area contributed by atoms with Crippen LogP contribution in [0.4, 0.5) is 10.1 Å². The Labute approximate surface area is 115 Å². The number of nitrogens with one attached hydrogen (secondary N) is 2. The maximum Gasteiger partial charge on any atom is 0.272 e. The van der Waals surface area contributed by atoms with Crippen molar-refractivity contribution in [3.05, 3.63) is 53.6 Å². The molecule has 3 N–H and O–H groups in total. The lowest BCUT2D eigenvalue weighted by Gasteiger charge is -2.04. The molecule has 0 radical (unpaired) electrons. The second kappa shape index (κ2) is 6.55. The molecule has 0 bridgehead atoms. The molecule has 0 saturated carbocycles. The zero-order valence-corrected chi connectivity index (χ0v) is 10.6. The van der Waals surface area contributed by atoms with Gasteiger partial charge in [-0.25, -0.2) is 4.39 Å². The van der Waals surface area contributed by atoms with Crippen molar-refractivity contribution in [3.8, 4) is 11.8 Å². The molecular formula is C15H13FN2O2. The zero-order chi connectivity index (χ0) is 14.4. The van der Waals surface area contributed by atoms with Gasteiger partial charge in [0.25, 0.3) is 5.91 Å². The van der Waals surface area contributed by atoms with Crippen LogP contribution in [0.5, 0.6) is 0 Å². The first-order valence-electron chi connectivity index (χ1n) is 6.04. The molecule has 1 amide bonds. The third kappa shape index (κ3) is 3.46. The van der Waals surface area contributed by atoms with E-state index in [1.165, 1.54) is 12.1 Å². The van der Waals surface area contributed by atoms with Crippen LogP contribution in [-0.2, 0) is 0 Å². The van der Waals surface area contributed by atoms with Crippen molar-refractivity contribution in [1.82, 2.24) is 4.98 Å². The van der Waals surface area contributed by atoms with Crippen LogP contribution < -0.4 is 5.32 Å². The number of carbonyl (C=O) groups excluding carboxylic acids is 1. The summed E-state index contributed by atoms with van der Waals surface area (Å²) in [6, 6.07) is 7.61. The lowest BCUT2D eigenvalue weighted by molar-refractivity contribution is 0.102. The smallest absolute Gasteiger partial charge is 0.272 e. The van der Waals surface area contributed by atoms with E-state index in [-0.39, 0.29) is 18.1 Å². The van der Waals surface area contributed by atoms with Crippen molar-refractivity contribution in [3.63, 3.8) is 0 Å². The number of benzene rings is 1. The third-order valence-corrected chi connectivity index (χ3v) is 2.53. The number of hydrogen-bond acceptors (Lipinski definition) is 2. The minimum absolute atomic E-state index is 0.0566. The van der Waals surface area contributed by atoms with Gasteiger partial charge in [-0.15, -0.1) is 0 Å². The molecule has 0 aliphatic heterocycles. The normalized spacial score (nSPS) is 9.70. The van der Waals surface area contributed by atoms with Crippen molar-refractivity contribution in [2.24, 2.45) is 0 Å². The van der Waals surface area contributed by atoms with Crippen LogP contribution in [-0.4, -0.2) is 22.6 Å². The van der Waals surface area contributed by atoms with Crippen LogP contribution in [0.1, 0.15) is 22.5 Å². The molecule has 1 aromatic carbocycles. The van der Waals surface area contributed by atoms with Crippen molar-refractivity contribution in [1.29, 1.82) is 0 Å². The third-order valence-electron chi connectivity index (χ3n) is 2.53. The molecule has 2 rings (SSSR count). The molecule has 0 saturated heterocycles. The van der Waals surface area contributed by atoms with Gasteiger partial charge in [-0.3, -0.25) is 4.79 Å². The van der Waals surface area contributed by atoms with E-state index < -0.39 is 5.82 Å². The van der Waals surface area contributed by atoms with Gasteiger partial charge in [0.15, 0.2) is 0 Å². The van der Waals surface area contributed by atoms with Crippen LogP contribution in [0.3, 0.4) is 0 Å². The first-order chi connectivity index (χ1) is 9.70. The Kier molecular flexibility index (Phi) is 4.53. The highest BCUT2D eigenvalue weighted by molar-refractivity contribution is 6.02. The summed E-state index contributed by atoms with van der Waals surface area (Å²) < 4.78 is 13.7. The lowest BCUT2D eigenvalue weighted by atomic mass is 10.2. The predicted octanol–water partition coefficient (Wildman–Crippen LogP) is 2.14. The van der Waals surface area contributed by atoms with Gasteiger partial charge in [0.2, 0.25) is 0 Å². The molecule has 20 heavy (non-hydrogen) atoms. The predicted molar refractivity (Wildman–Crippen MR) is 73.7 cm³/mol. The van der Waals surface area contributed by atoms with E-state index in [0.29, 0.717) is 17.8 Å². The second-order valence-electron chi connectivity index (χ2n) is 4.01. The molecule has 1 aromatic heterocycles. The number of aliphatic hydroxyl groups excluding tert-OH is 1. The molecule has 0 aliphatic carbocycles. The van der Waals surface area contributed by atoms with E-state index in [2.05, 4.69) is 22.1 Å². The monoisotopic (exact) mass is 272 g/mol. The molecule has 102 valence electrons. The van der Waals surface area contributed by atoms with Gasteiger partial charge in [-0.2, -0.15) is 0 Å². The average molecular weight is 272 g/mol. The number of carbonyl (C=O) groups is 1. The average Bonchev–Trinajstić information content (AvgIpc) is 2.95. The highest BCUT2D eigenvalue weighted by atomic mass is 19.1. The zero-order valence-electron chi connectivity index (χ0n) is 10.6. The van der Waals surface area contributed by atoms with Gasteiger partial charge in [0.1, 0.15) is 11.5 Å². The largest absolute Gasteiger partial charge is 0.395 e. The van der Waals surface area contributed by atoms with E-state index in [4.69, 9.17) is 5.11 Å². The summed E-state index contributed by atoms with van der Waals surface area (Å²) in [6.45, 7) is -0.0566. The molecule has 5 heteroatoms. The summed E-state index contributed by atoms with van der Waals surface area (Å²) in [4.78, 5) is 14.5. The summed E-state index contributed by atoms with van der Waals surface area (Å²) in [5.74, 6) is 4.41. The Balaban J connectivity index is 2.10. The fraction of sp³-hybridized carbons (Fsp3) is 0.133. The number of rotatable bonds is 3. The summed E-state index contributed by atoms with van der Waals surface area (Å²) in [5, 5.41) is 11.2. The van der Waals surface area contributed by atoms with Crippen LogP contribution in [0, 0.1) is 17.7 Å². The summed E-state index contributed by atoms with van der Waals surface area (Å²) in [6.07, 6.45) is 1.93. The second-order valence-corrected chi connectivity index (χ2v) is 4.01. The molecule has 0 fully saturated rings. The Morgan fingerprint density at radius 3 is 2.90 bits per heavy atom. The fourth-order valence-electron chi connectivity index (χ4n) is 1.58. The first kappa shape index (κ1) is 13.8. The Morgan fingerprint density at radius 2 is 2.25 bits per heavy atom. The maximum atomic E-state index is 13.7. The van der Waals surface area contributed by atoms with Crippen molar-refractivity contribution in [2.75, 3.05) is 11.9 Å². The Hall–Kier alpha value is -2.58. The number of hydrogen-bond donors (Lipinski definition) is 3. The lowest BCUT2D eigenvalue weighted by Crippen LogP contribution is -2.12. The quantitative estimate of drug-likeness (QED) is 0.749. The van der Waals surface area contributed by atoms with Crippen LogP contribution in [0.2, 0.25) is 0 Å². The van der Waals surface area contributed by atoms with Crippen molar-refractivity contribution in [2.45, 2.75) is 6.42 Å². The number of aliphatic hydroxyl groups is 1. The van der Waals surface area contributed by atoms with Crippen molar-refractivity contribution < 1.29 is 14.3 Å². The number of halogens is 1. The summed E-state index contributed by atoms with van der Waals surface area (Å²) in [7, 11) is 0. The summed E-state index contributed by atoms with van der Waals surface area (Å²) >= 11 is 0. The SMILES string of the molecule is O=C(Nc1ccc(C#CCCO)c(F)c1)c1ccc[nH]1. The van der Waals surface area contributed by atoms with Crippen LogP contribution in [0.15, 0.2) is 36.5 Å². The molecule has 0 atom stereocenters. The molecule has 1 heterocycles. The molecule has 2 aromatic rings. The number of aromatic amines is 1. The number of amides is 1. The highest BCUT2D eigenvalue weighted by Crippen LogP contribution is 2.14.